The Morgan fingerprint density at radius 3 is 1.60 bits per heavy atom. The molecule has 7 fully saturated rings. The number of esters is 4. The van der Waals surface area contributed by atoms with E-state index in [1.807, 2.05) is 34.6 Å². The van der Waals surface area contributed by atoms with Gasteiger partial charge >= 0.3 is 29.8 Å². The monoisotopic (exact) mass is 905 g/mol. The summed E-state index contributed by atoms with van der Waals surface area (Å²) in [4.78, 5) is 68.5. The van der Waals surface area contributed by atoms with E-state index in [9.17, 15) is 34.2 Å². The first-order chi connectivity index (χ1) is 24.1. The van der Waals surface area contributed by atoms with E-state index >= 15 is 0 Å². The van der Waals surface area contributed by atoms with Crippen LogP contribution < -0.4 is 0 Å². The molecule has 7 rings (SSSR count). The fourth-order valence-corrected chi connectivity index (χ4v) is 13.8. The quantitative estimate of drug-likeness (QED) is 0.116. The molecule has 0 spiro atoms. The van der Waals surface area contributed by atoms with Crippen molar-refractivity contribution in [3.63, 3.8) is 0 Å². The Bertz CT molecular complexity index is 1420. The van der Waals surface area contributed by atoms with Gasteiger partial charge in [0.25, 0.3) is 0 Å². The molecule has 6 bridgehead atoms. The molecule has 0 aromatic heterocycles. The summed E-state index contributed by atoms with van der Waals surface area (Å²) < 4.78 is 17.4. The maximum Gasteiger partial charge on any atom is 0.317 e. The van der Waals surface area contributed by atoms with Gasteiger partial charge in [0.05, 0.1) is 42.8 Å². The molecule has 0 radical (unpaired) electrons. The molecule has 380 valence electrons. The molecule has 7 aliphatic rings. The molecule has 10 nitrogen and oxygen atoms in total. The van der Waals surface area contributed by atoms with E-state index in [1.165, 1.54) is 0 Å². The number of hydrogen-bond donors (Lipinski definition) is 2. The zero-order chi connectivity index (χ0) is 36.9. The highest BCUT2D eigenvalue weighted by molar-refractivity contribution is 5.97. The second kappa shape index (κ2) is 26.0. The molecule has 6 aliphatic carbocycles. The van der Waals surface area contributed by atoms with Crippen LogP contribution in [0.25, 0.3) is 0 Å². The highest BCUT2D eigenvalue weighted by atomic mass is 16.6. The topological polar surface area (TPSA) is 154 Å². The van der Waals surface area contributed by atoms with Gasteiger partial charge in [0.15, 0.2) is 0 Å². The number of carboxylic acids is 1. The van der Waals surface area contributed by atoms with Gasteiger partial charge in [-0.15, -0.1) is 0 Å². The van der Waals surface area contributed by atoms with Crippen molar-refractivity contribution in [2.24, 2.45) is 106 Å². The van der Waals surface area contributed by atoms with Crippen LogP contribution in [0, 0.1) is 106 Å². The van der Waals surface area contributed by atoms with Gasteiger partial charge in [-0.1, -0.05) is 117 Å². The van der Waals surface area contributed by atoms with Crippen LogP contribution in [0.4, 0.5) is 0 Å². The van der Waals surface area contributed by atoms with E-state index in [1.54, 1.807) is 0 Å². The van der Waals surface area contributed by atoms with Gasteiger partial charge < -0.3 is 24.4 Å². The molecule has 0 amide bonds. The number of carbonyl (C=O) groups excluding carboxylic acids is 4. The summed E-state index contributed by atoms with van der Waals surface area (Å²) in [6.07, 6.45) is 6.50. The van der Waals surface area contributed by atoms with Gasteiger partial charge in [0.2, 0.25) is 0 Å². The summed E-state index contributed by atoms with van der Waals surface area (Å²) in [6.45, 7) is 13.8. The van der Waals surface area contributed by atoms with Gasteiger partial charge in [-0.3, -0.25) is 24.0 Å². The molecular formula is C53H108O10. The second-order valence-corrected chi connectivity index (χ2v) is 19.1. The molecule has 10 heteroatoms. The molecule has 1 aliphatic heterocycles. The fraction of sp³-hybridized carbons (Fsp3) is 0.906. The number of ether oxygens (including phenoxy) is 3. The van der Waals surface area contributed by atoms with E-state index in [0.29, 0.717) is 43.4 Å². The third-order valence-corrected chi connectivity index (χ3v) is 16.2. The van der Waals surface area contributed by atoms with E-state index in [-0.39, 0.29) is 162 Å². The lowest BCUT2D eigenvalue weighted by atomic mass is 9.54. The van der Waals surface area contributed by atoms with Crippen LogP contribution in [0.3, 0.4) is 0 Å². The van der Waals surface area contributed by atoms with Crippen LogP contribution in [0.1, 0.15) is 189 Å². The van der Waals surface area contributed by atoms with Crippen LogP contribution >= 0.6 is 0 Å². The van der Waals surface area contributed by atoms with Crippen molar-refractivity contribution >= 4 is 29.8 Å². The van der Waals surface area contributed by atoms with Crippen LogP contribution in [0.5, 0.6) is 0 Å². The van der Waals surface area contributed by atoms with E-state index < -0.39 is 64.5 Å². The Morgan fingerprint density at radius 2 is 1.14 bits per heavy atom. The number of aliphatic hydroxyl groups excluding tert-OH is 1. The largest absolute Gasteiger partial charge is 0.481 e. The number of aliphatic carboxylic acids is 1. The smallest absolute Gasteiger partial charge is 0.317 e. The highest BCUT2D eigenvalue weighted by Crippen LogP contribution is 2.70. The first-order valence-electron chi connectivity index (χ1n) is 20.0. The van der Waals surface area contributed by atoms with E-state index in [0.717, 1.165) is 25.7 Å². The predicted octanol–water partition coefficient (Wildman–Crippen LogP) is 13.4. The normalized spacial score (nSPS) is 36.8. The fourth-order valence-electron chi connectivity index (χ4n) is 13.8. The van der Waals surface area contributed by atoms with Crippen molar-refractivity contribution < 1.29 is 48.4 Å². The van der Waals surface area contributed by atoms with Gasteiger partial charge in [0, 0.05) is 5.41 Å². The minimum Gasteiger partial charge on any atom is -0.481 e. The average Bonchev–Trinajstić information content (AvgIpc) is 3.93. The van der Waals surface area contributed by atoms with Crippen LogP contribution in [-0.2, 0) is 38.2 Å². The van der Waals surface area contributed by atoms with Crippen molar-refractivity contribution in [2.45, 2.75) is 195 Å². The molecule has 1 heterocycles. The van der Waals surface area contributed by atoms with E-state index in [4.69, 9.17) is 14.2 Å². The minimum atomic E-state index is -1.00. The van der Waals surface area contributed by atoms with Gasteiger partial charge in [0.1, 0.15) is 5.60 Å². The van der Waals surface area contributed by atoms with Gasteiger partial charge in [-0.25, -0.2) is 0 Å². The summed E-state index contributed by atoms with van der Waals surface area (Å²) in [5.74, 6) is -5.72. The maximum atomic E-state index is 14.0. The number of cyclic esters (lactones) is 2. The Morgan fingerprint density at radius 1 is 0.619 bits per heavy atom. The van der Waals surface area contributed by atoms with Gasteiger partial charge in [-0.2, -0.15) is 0 Å². The number of carbonyl (C=O) groups is 5. The van der Waals surface area contributed by atoms with Crippen molar-refractivity contribution in [1.29, 1.82) is 0 Å². The minimum absolute atomic E-state index is 0. The predicted molar refractivity (Wildman–Crippen MR) is 265 cm³/mol. The molecular weight excluding hydrogens is 797 g/mol. The van der Waals surface area contributed by atoms with Crippen molar-refractivity contribution in [3.8, 4) is 0 Å². The third kappa shape index (κ3) is 11.6. The van der Waals surface area contributed by atoms with Crippen LogP contribution in [0.15, 0.2) is 0 Å². The SMILES string of the molecule is C.C.C.C.C.C.C.C.C.C.C.C.CCC(CC)(CO)COC(=O)C1C2CC(C1C(=O)O)C(C1C3CC(C(=O)OC(C)(C)C)C(C3)C1C1C(=O)OC(=O)C1C1C3CCC(C3)C1C)C2C. The molecule has 17 unspecified atom stereocenters. The molecule has 2 N–H and O–H groups in total. The lowest BCUT2D eigenvalue weighted by Gasteiger charge is -2.48. The van der Waals surface area contributed by atoms with E-state index in [2.05, 4.69) is 13.8 Å². The molecule has 17 atom stereocenters. The highest BCUT2D eigenvalue weighted by Gasteiger charge is 2.71. The Hall–Kier alpha value is -2.49. The van der Waals surface area contributed by atoms with Crippen molar-refractivity contribution in [1.82, 2.24) is 0 Å². The van der Waals surface area contributed by atoms with Crippen molar-refractivity contribution in [2.75, 3.05) is 13.2 Å². The summed E-state index contributed by atoms with van der Waals surface area (Å²) in [6, 6.07) is 0. The number of carboxylic acid groups (broad SMARTS) is 1. The number of rotatable bonds is 11. The van der Waals surface area contributed by atoms with Crippen molar-refractivity contribution in [3.05, 3.63) is 0 Å². The third-order valence-electron chi connectivity index (χ3n) is 16.2. The Kier molecular flexibility index (Phi) is 29.8. The first kappa shape index (κ1) is 72.1. The molecule has 0 aromatic carbocycles. The standard InChI is InChI=1S/C41H60O10.12CH4/c1-8-41(9-2,16-42)17-49-37(46)32-23-15-26(31(32)35(43)44)28(19(23)4)29-22-13-24(25(14-22)36(45)51-40(5,6)7)30(29)34-33(38(47)50-39(34)48)27-18(3)20-10-11-21(27)12-20;;;;;;;;;;;;/h18-34,42H,8-17H2,1-7H3,(H,43,44);12*1H4. The summed E-state index contributed by atoms with van der Waals surface area (Å²) >= 11 is 0. The zero-order valence-corrected chi connectivity index (χ0v) is 31.5. The van der Waals surface area contributed by atoms with Gasteiger partial charge in [-0.05, 0) is 143 Å². The van der Waals surface area contributed by atoms with Crippen LogP contribution in [0.2, 0.25) is 0 Å². The Balaban J connectivity index is -0.000000677. The molecule has 6 saturated carbocycles. The number of hydrogen-bond acceptors (Lipinski definition) is 9. The summed E-state index contributed by atoms with van der Waals surface area (Å²) in [5, 5.41) is 20.8. The van der Waals surface area contributed by atoms with Crippen LogP contribution in [-0.4, -0.2) is 58.9 Å². The Labute approximate surface area is 390 Å². The average molecular weight is 905 g/mol. The lowest BCUT2D eigenvalue weighted by molar-refractivity contribution is -0.170. The number of aliphatic hydroxyl groups is 1. The summed E-state index contributed by atoms with van der Waals surface area (Å²) in [7, 11) is 0. The summed E-state index contributed by atoms with van der Waals surface area (Å²) in [5.41, 5.74) is -1.22. The number of fused-ring (bicyclic) bond motifs is 6. The second-order valence-electron chi connectivity index (χ2n) is 19.1. The molecule has 0 aromatic rings. The molecule has 1 saturated heterocycles. The zero-order valence-electron chi connectivity index (χ0n) is 31.5. The molecule has 63 heavy (non-hydrogen) atoms. The maximum absolute atomic E-state index is 14.0. The lowest BCUT2D eigenvalue weighted by Crippen LogP contribution is -2.51. The first-order valence-corrected chi connectivity index (χ1v) is 20.0.